The van der Waals surface area contributed by atoms with Gasteiger partial charge in [-0.15, -0.1) is 0 Å². The average Bonchev–Trinajstić information content (AvgIpc) is 3.20. The highest BCUT2D eigenvalue weighted by atomic mass is 79.9. The van der Waals surface area contributed by atoms with Crippen molar-refractivity contribution in [2.45, 2.75) is 20.0 Å². The highest BCUT2D eigenvalue weighted by Crippen LogP contribution is 2.16. The maximum atomic E-state index is 13.4. The van der Waals surface area contributed by atoms with Crippen LogP contribution in [0.15, 0.2) is 75.6 Å². The molecular weight excluding hydrogens is 472 g/mol. The lowest BCUT2D eigenvalue weighted by atomic mass is 10.2. The summed E-state index contributed by atoms with van der Waals surface area (Å²) in [6.07, 6.45) is 0. The van der Waals surface area contributed by atoms with Gasteiger partial charge in [-0.05, 0) is 42.8 Å². The fourth-order valence-electron chi connectivity index (χ4n) is 3.32. The quantitative estimate of drug-likeness (QED) is 0.407. The molecule has 0 unspecified atom stereocenters. The third-order valence-electron chi connectivity index (χ3n) is 4.96. The van der Waals surface area contributed by atoms with E-state index in [4.69, 9.17) is 9.15 Å². The Balaban J connectivity index is 1.80. The predicted octanol–water partition coefficient (Wildman–Crippen LogP) is 4.67. The van der Waals surface area contributed by atoms with Gasteiger partial charge in [0.2, 0.25) is 5.91 Å². The van der Waals surface area contributed by atoms with E-state index in [9.17, 15) is 9.59 Å². The molecule has 0 saturated carbocycles. The molecule has 0 bridgehead atoms. The molecule has 2 amide bonds. The number of methoxy groups -OCH3 is 1. The Morgan fingerprint density at radius 1 is 0.969 bits per heavy atom. The highest BCUT2D eigenvalue weighted by Gasteiger charge is 2.23. The molecule has 0 aliphatic carbocycles. The monoisotopic (exact) mass is 498 g/mol. The molecule has 3 aromatic rings. The third-order valence-corrected chi connectivity index (χ3v) is 5.46. The number of aryl methyl sites for hydroxylation is 1. The summed E-state index contributed by atoms with van der Waals surface area (Å²) in [6, 6.07) is 20.7. The molecule has 6 nitrogen and oxygen atoms in total. The minimum Gasteiger partial charge on any atom is -0.464 e. The molecule has 3 rings (SSSR count). The minimum atomic E-state index is -0.217. The average molecular weight is 499 g/mol. The molecule has 1 heterocycles. The summed E-state index contributed by atoms with van der Waals surface area (Å²) in [5.74, 6) is 1.11. The van der Waals surface area contributed by atoms with Crippen LogP contribution < -0.4 is 0 Å². The number of halogens is 1. The van der Waals surface area contributed by atoms with E-state index in [1.807, 2.05) is 55.5 Å². The van der Waals surface area contributed by atoms with Crippen molar-refractivity contribution in [3.8, 4) is 0 Å². The van der Waals surface area contributed by atoms with Gasteiger partial charge in [-0.2, -0.15) is 0 Å². The van der Waals surface area contributed by atoms with Crippen LogP contribution in [-0.2, 0) is 22.6 Å². The largest absolute Gasteiger partial charge is 0.464 e. The van der Waals surface area contributed by atoms with Gasteiger partial charge in [0.1, 0.15) is 18.1 Å². The molecule has 0 atom stereocenters. The smallest absolute Gasteiger partial charge is 0.254 e. The number of carbonyl (C=O) groups is 2. The molecule has 0 radical (unpaired) electrons. The van der Waals surface area contributed by atoms with Gasteiger partial charge in [0.15, 0.2) is 0 Å². The lowest BCUT2D eigenvalue weighted by Crippen LogP contribution is -2.43. The van der Waals surface area contributed by atoms with Crippen LogP contribution in [0.25, 0.3) is 0 Å². The summed E-state index contributed by atoms with van der Waals surface area (Å²) in [5.41, 5.74) is 1.52. The molecule has 0 spiro atoms. The third kappa shape index (κ3) is 6.80. The molecule has 168 valence electrons. The first kappa shape index (κ1) is 23.8. The summed E-state index contributed by atoms with van der Waals surface area (Å²) in [6.45, 7) is 3.21. The van der Waals surface area contributed by atoms with Gasteiger partial charge in [0.05, 0.1) is 13.2 Å². The summed E-state index contributed by atoms with van der Waals surface area (Å²) in [5, 5.41) is 0. The molecule has 0 N–H and O–H groups in total. The molecule has 32 heavy (non-hydrogen) atoms. The SMILES string of the molecule is COCCN(CC(=O)N(Cc1ccccc1)Cc1ccc(C)o1)C(=O)c1cccc(Br)c1. The Morgan fingerprint density at radius 3 is 2.41 bits per heavy atom. The zero-order valence-corrected chi connectivity index (χ0v) is 19.9. The normalized spacial score (nSPS) is 10.7. The highest BCUT2D eigenvalue weighted by molar-refractivity contribution is 9.10. The first-order valence-corrected chi connectivity index (χ1v) is 11.2. The van der Waals surface area contributed by atoms with E-state index in [1.54, 1.807) is 30.2 Å². The molecule has 7 heteroatoms. The summed E-state index contributed by atoms with van der Waals surface area (Å²) in [4.78, 5) is 29.8. The van der Waals surface area contributed by atoms with E-state index in [0.29, 0.717) is 37.6 Å². The van der Waals surface area contributed by atoms with E-state index >= 15 is 0 Å². The van der Waals surface area contributed by atoms with Crippen LogP contribution in [0.1, 0.15) is 27.4 Å². The number of ether oxygens (including phenoxy) is 1. The van der Waals surface area contributed by atoms with Gasteiger partial charge in [-0.1, -0.05) is 52.3 Å². The number of furan rings is 1. The van der Waals surface area contributed by atoms with Crippen molar-refractivity contribution < 1.29 is 18.7 Å². The van der Waals surface area contributed by atoms with Crippen LogP contribution >= 0.6 is 15.9 Å². The molecule has 2 aromatic carbocycles. The summed E-state index contributed by atoms with van der Waals surface area (Å²) < 4.78 is 11.7. The molecule has 0 fully saturated rings. The van der Waals surface area contributed by atoms with Crippen molar-refractivity contribution in [3.05, 3.63) is 93.9 Å². The standard InChI is InChI=1S/C25H27BrN2O4/c1-19-11-12-23(32-19)17-28(16-20-7-4-3-5-8-20)24(29)18-27(13-14-31-2)25(30)21-9-6-10-22(26)15-21/h3-12,15H,13-14,16-18H2,1-2H3. The van der Waals surface area contributed by atoms with Crippen LogP contribution in [-0.4, -0.2) is 48.4 Å². The van der Waals surface area contributed by atoms with Crippen molar-refractivity contribution in [1.82, 2.24) is 9.80 Å². The summed E-state index contributed by atoms with van der Waals surface area (Å²) in [7, 11) is 1.57. The Kier molecular flexibility index (Phi) is 8.64. The van der Waals surface area contributed by atoms with E-state index in [0.717, 1.165) is 15.8 Å². The van der Waals surface area contributed by atoms with Crippen molar-refractivity contribution in [2.24, 2.45) is 0 Å². The van der Waals surface area contributed by atoms with Crippen LogP contribution in [0, 0.1) is 6.92 Å². The van der Waals surface area contributed by atoms with Gasteiger partial charge >= 0.3 is 0 Å². The molecule has 0 saturated heterocycles. The topological polar surface area (TPSA) is 63.0 Å². The Bertz CT molecular complexity index is 1040. The van der Waals surface area contributed by atoms with Crippen LogP contribution in [0.4, 0.5) is 0 Å². The molecule has 1 aromatic heterocycles. The maximum Gasteiger partial charge on any atom is 0.254 e. The zero-order valence-electron chi connectivity index (χ0n) is 18.3. The van der Waals surface area contributed by atoms with E-state index in [-0.39, 0.29) is 18.4 Å². The lowest BCUT2D eigenvalue weighted by molar-refractivity contribution is -0.133. The van der Waals surface area contributed by atoms with Crippen LogP contribution in [0.5, 0.6) is 0 Å². The second kappa shape index (κ2) is 11.6. The van der Waals surface area contributed by atoms with Gasteiger partial charge in [-0.3, -0.25) is 9.59 Å². The zero-order chi connectivity index (χ0) is 22.9. The van der Waals surface area contributed by atoms with Crippen molar-refractivity contribution in [3.63, 3.8) is 0 Å². The van der Waals surface area contributed by atoms with Crippen LogP contribution in [0.3, 0.4) is 0 Å². The number of hydrogen-bond donors (Lipinski definition) is 0. The number of carbonyl (C=O) groups excluding carboxylic acids is 2. The van der Waals surface area contributed by atoms with Crippen molar-refractivity contribution >= 4 is 27.7 Å². The second-order valence-corrected chi connectivity index (χ2v) is 8.39. The molecule has 0 aliphatic heterocycles. The van der Waals surface area contributed by atoms with Gasteiger partial charge in [0.25, 0.3) is 5.91 Å². The maximum absolute atomic E-state index is 13.4. The van der Waals surface area contributed by atoms with Gasteiger partial charge < -0.3 is 19.0 Å². The van der Waals surface area contributed by atoms with Gasteiger partial charge in [-0.25, -0.2) is 0 Å². The summed E-state index contributed by atoms with van der Waals surface area (Å²) >= 11 is 3.40. The van der Waals surface area contributed by atoms with Gasteiger partial charge in [0, 0.05) is 30.2 Å². The number of benzene rings is 2. The number of hydrogen-bond acceptors (Lipinski definition) is 4. The lowest BCUT2D eigenvalue weighted by Gasteiger charge is -2.27. The first-order chi connectivity index (χ1) is 15.5. The van der Waals surface area contributed by atoms with Crippen LogP contribution in [0.2, 0.25) is 0 Å². The Hall–Kier alpha value is -2.90. The fourth-order valence-corrected chi connectivity index (χ4v) is 3.71. The number of rotatable bonds is 10. The molecular formula is C25H27BrN2O4. The fraction of sp³-hybridized carbons (Fsp3) is 0.280. The minimum absolute atomic E-state index is 0.0543. The Morgan fingerprint density at radius 2 is 1.75 bits per heavy atom. The number of amides is 2. The predicted molar refractivity (Wildman–Crippen MR) is 126 cm³/mol. The van der Waals surface area contributed by atoms with E-state index in [1.165, 1.54) is 4.90 Å². The van der Waals surface area contributed by atoms with E-state index in [2.05, 4.69) is 15.9 Å². The van der Waals surface area contributed by atoms with E-state index < -0.39 is 0 Å². The molecule has 0 aliphatic rings. The first-order valence-electron chi connectivity index (χ1n) is 10.4. The number of nitrogens with zero attached hydrogens (tertiary/aromatic N) is 2. The van der Waals surface area contributed by atoms with Crippen molar-refractivity contribution in [2.75, 3.05) is 26.8 Å². The Labute approximate surface area is 196 Å². The second-order valence-electron chi connectivity index (χ2n) is 7.48. The van der Waals surface area contributed by atoms with Crippen molar-refractivity contribution in [1.29, 1.82) is 0 Å².